The van der Waals surface area contributed by atoms with E-state index in [4.69, 9.17) is 11.6 Å². The fraction of sp³-hybridized carbons (Fsp3) is 0.421. The fourth-order valence-electron chi connectivity index (χ4n) is 3.96. The Kier molecular flexibility index (Phi) is 4.31. The predicted octanol–water partition coefficient (Wildman–Crippen LogP) is 3.71. The van der Waals surface area contributed by atoms with Gasteiger partial charge in [0.2, 0.25) is 11.8 Å². The molecule has 1 saturated carbocycles. The number of rotatable bonds is 3. The van der Waals surface area contributed by atoms with E-state index in [1.54, 1.807) is 16.8 Å². The van der Waals surface area contributed by atoms with Gasteiger partial charge in [-0.15, -0.1) is 0 Å². The van der Waals surface area contributed by atoms with Crippen LogP contribution in [0.1, 0.15) is 36.9 Å². The van der Waals surface area contributed by atoms with Crippen LogP contribution in [0.15, 0.2) is 24.3 Å². The lowest BCUT2D eigenvalue weighted by Crippen LogP contribution is -2.31. The summed E-state index contributed by atoms with van der Waals surface area (Å²) < 4.78 is 14.9. The van der Waals surface area contributed by atoms with E-state index >= 15 is 0 Å². The summed E-state index contributed by atoms with van der Waals surface area (Å²) in [6.45, 7) is 2.19. The van der Waals surface area contributed by atoms with Crippen LogP contribution < -0.4 is 4.90 Å². The van der Waals surface area contributed by atoms with Crippen LogP contribution in [0.3, 0.4) is 0 Å². The molecule has 2 heterocycles. The number of aromatic nitrogens is 2. The number of carbonyl (C=O) groups is 2. The van der Waals surface area contributed by atoms with Gasteiger partial charge in [0.05, 0.1) is 18.4 Å². The van der Waals surface area contributed by atoms with Crippen molar-refractivity contribution in [2.45, 2.75) is 39.2 Å². The molecule has 2 amide bonds. The molecule has 1 aliphatic heterocycles. The van der Waals surface area contributed by atoms with Gasteiger partial charge in [-0.05, 0) is 37.5 Å². The molecule has 0 bridgehead atoms. The summed E-state index contributed by atoms with van der Waals surface area (Å²) in [6.07, 6.45) is 3.53. The summed E-state index contributed by atoms with van der Waals surface area (Å²) in [5, 5.41) is 4.78. The Morgan fingerprint density at radius 3 is 2.42 bits per heavy atom. The lowest BCUT2D eigenvalue weighted by molar-refractivity contribution is -0.122. The van der Waals surface area contributed by atoms with E-state index in [2.05, 4.69) is 5.10 Å². The van der Waals surface area contributed by atoms with Crippen molar-refractivity contribution in [1.82, 2.24) is 9.78 Å². The molecule has 0 unspecified atom stereocenters. The van der Waals surface area contributed by atoms with E-state index in [1.165, 1.54) is 17.0 Å². The number of halogens is 2. The Morgan fingerprint density at radius 1 is 1.15 bits per heavy atom. The zero-order valence-corrected chi connectivity index (χ0v) is 15.2. The van der Waals surface area contributed by atoms with Gasteiger partial charge in [-0.3, -0.25) is 14.3 Å². The zero-order chi connectivity index (χ0) is 18.4. The highest BCUT2D eigenvalue weighted by Gasteiger charge is 2.49. The maximum absolute atomic E-state index is 13.2. The molecular weight excluding hydrogens is 357 g/mol. The minimum atomic E-state index is -0.396. The minimum Gasteiger partial charge on any atom is -0.274 e. The number of benzene rings is 1. The van der Waals surface area contributed by atoms with Crippen LogP contribution in [0.25, 0.3) is 0 Å². The molecule has 1 aliphatic carbocycles. The summed E-state index contributed by atoms with van der Waals surface area (Å²) in [5.74, 6) is -0.701. The van der Waals surface area contributed by atoms with E-state index in [0.29, 0.717) is 17.4 Å². The Bertz CT molecular complexity index is 871. The first-order chi connectivity index (χ1) is 12.5. The van der Waals surface area contributed by atoms with Gasteiger partial charge >= 0.3 is 0 Å². The average molecular weight is 376 g/mol. The number of imide groups is 1. The molecule has 2 fully saturated rings. The summed E-state index contributed by atoms with van der Waals surface area (Å²) >= 11 is 6.10. The summed E-state index contributed by atoms with van der Waals surface area (Å²) in [5.41, 5.74) is 1.52. The van der Waals surface area contributed by atoms with Crippen molar-refractivity contribution in [3.8, 4) is 0 Å². The van der Waals surface area contributed by atoms with Crippen LogP contribution in [0.5, 0.6) is 0 Å². The Labute approximate surface area is 155 Å². The molecule has 136 valence electrons. The van der Waals surface area contributed by atoms with Gasteiger partial charge in [0.15, 0.2) is 5.82 Å². The molecule has 2 aromatic rings. The van der Waals surface area contributed by atoms with E-state index in [-0.39, 0.29) is 23.7 Å². The SMILES string of the molecule is Cc1cc(N2C(=O)[C@H]3CCCC[C@H]3C2=O)nn1Cc1ccc(F)cc1Cl. The third-order valence-electron chi connectivity index (χ3n) is 5.37. The van der Waals surface area contributed by atoms with Crippen molar-refractivity contribution in [2.24, 2.45) is 11.8 Å². The maximum Gasteiger partial charge on any atom is 0.238 e. The van der Waals surface area contributed by atoms with Gasteiger partial charge in [0.25, 0.3) is 0 Å². The smallest absolute Gasteiger partial charge is 0.238 e. The Hall–Kier alpha value is -2.21. The van der Waals surface area contributed by atoms with Crippen molar-refractivity contribution in [2.75, 3.05) is 4.90 Å². The van der Waals surface area contributed by atoms with Crippen LogP contribution in [-0.4, -0.2) is 21.6 Å². The standard InChI is InChI=1S/C19H19ClFN3O2/c1-11-8-17(22-23(11)10-12-6-7-13(21)9-16(12)20)24-18(25)14-4-2-3-5-15(14)19(24)26/h6-9,14-15H,2-5,10H2,1H3/t14-,15+. The van der Waals surface area contributed by atoms with Crippen LogP contribution in [0.4, 0.5) is 10.2 Å². The molecule has 1 saturated heterocycles. The number of amides is 2. The molecule has 0 N–H and O–H groups in total. The van der Waals surface area contributed by atoms with Crippen LogP contribution in [0, 0.1) is 24.6 Å². The van der Waals surface area contributed by atoms with Gasteiger partial charge in [-0.1, -0.05) is 30.5 Å². The Morgan fingerprint density at radius 2 is 1.81 bits per heavy atom. The quantitative estimate of drug-likeness (QED) is 0.768. The summed E-state index contributed by atoms with van der Waals surface area (Å²) in [7, 11) is 0. The average Bonchev–Trinajstić information content (AvgIpc) is 3.09. The first-order valence-corrected chi connectivity index (χ1v) is 9.19. The molecule has 1 aromatic heterocycles. The van der Waals surface area contributed by atoms with Crippen molar-refractivity contribution < 1.29 is 14.0 Å². The maximum atomic E-state index is 13.2. The van der Waals surface area contributed by atoms with E-state index in [9.17, 15) is 14.0 Å². The molecule has 2 aliphatic rings. The first kappa shape index (κ1) is 17.2. The molecule has 1 aromatic carbocycles. The topological polar surface area (TPSA) is 55.2 Å². The van der Waals surface area contributed by atoms with Crippen molar-refractivity contribution >= 4 is 29.2 Å². The number of nitrogens with zero attached hydrogens (tertiary/aromatic N) is 3. The predicted molar refractivity (Wildman–Crippen MR) is 95.4 cm³/mol. The minimum absolute atomic E-state index is 0.135. The molecular formula is C19H19ClFN3O2. The zero-order valence-electron chi connectivity index (χ0n) is 14.4. The third-order valence-corrected chi connectivity index (χ3v) is 5.73. The van der Waals surface area contributed by atoms with Gasteiger partial charge in [-0.25, -0.2) is 9.29 Å². The van der Waals surface area contributed by atoms with Gasteiger partial charge in [-0.2, -0.15) is 5.10 Å². The number of fused-ring (bicyclic) bond motifs is 1. The molecule has 0 radical (unpaired) electrons. The monoisotopic (exact) mass is 375 g/mol. The first-order valence-electron chi connectivity index (χ1n) is 8.82. The lowest BCUT2D eigenvalue weighted by atomic mass is 9.81. The lowest BCUT2D eigenvalue weighted by Gasteiger charge is -2.19. The normalized spacial score (nSPS) is 22.8. The number of carbonyl (C=O) groups excluding carboxylic acids is 2. The molecule has 5 nitrogen and oxygen atoms in total. The van der Waals surface area contributed by atoms with E-state index < -0.39 is 5.82 Å². The van der Waals surface area contributed by atoms with E-state index in [1.807, 2.05) is 6.92 Å². The van der Waals surface area contributed by atoms with E-state index in [0.717, 1.165) is 36.9 Å². The van der Waals surface area contributed by atoms with Crippen LogP contribution in [0.2, 0.25) is 5.02 Å². The van der Waals surface area contributed by atoms with Crippen molar-refractivity contribution in [3.05, 3.63) is 46.4 Å². The molecule has 26 heavy (non-hydrogen) atoms. The van der Waals surface area contributed by atoms with Crippen LogP contribution in [-0.2, 0) is 16.1 Å². The fourth-order valence-corrected chi connectivity index (χ4v) is 4.19. The second-order valence-corrected chi connectivity index (χ2v) is 7.45. The second-order valence-electron chi connectivity index (χ2n) is 7.05. The molecule has 0 spiro atoms. The number of hydrogen-bond donors (Lipinski definition) is 0. The highest BCUT2D eigenvalue weighted by Crippen LogP contribution is 2.39. The van der Waals surface area contributed by atoms with Gasteiger partial charge < -0.3 is 0 Å². The largest absolute Gasteiger partial charge is 0.274 e. The third kappa shape index (κ3) is 2.82. The Balaban J connectivity index is 1.62. The number of hydrogen-bond acceptors (Lipinski definition) is 3. The number of aryl methyl sites for hydroxylation is 1. The summed E-state index contributed by atoms with van der Waals surface area (Å²) in [4.78, 5) is 26.7. The van der Waals surface area contributed by atoms with Gasteiger partial charge in [0.1, 0.15) is 5.82 Å². The van der Waals surface area contributed by atoms with Crippen molar-refractivity contribution in [1.29, 1.82) is 0 Å². The summed E-state index contributed by atoms with van der Waals surface area (Å²) in [6, 6.07) is 5.96. The highest BCUT2D eigenvalue weighted by atomic mass is 35.5. The molecule has 2 atom stereocenters. The second kappa shape index (κ2) is 6.50. The van der Waals surface area contributed by atoms with Gasteiger partial charge in [0, 0.05) is 16.8 Å². The highest BCUT2D eigenvalue weighted by molar-refractivity contribution is 6.31. The molecule has 4 rings (SSSR count). The van der Waals surface area contributed by atoms with Crippen LogP contribution >= 0.6 is 11.6 Å². The van der Waals surface area contributed by atoms with Crippen molar-refractivity contribution in [3.63, 3.8) is 0 Å². The molecule has 7 heteroatoms. The number of anilines is 1.